The molecule has 48 heavy (non-hydrogen) atoms. The summed E-state index contributed by atoms with van der Waals surface area (Å²) in [7, 11) is 3.36. The van der Waals surface area contributed by atoms with Crippen LogP contribution in [0.15, 0.2) is 48.8 Å². The van der Waals surface area contributed by atoms with E-state index >= 15 is 0 Å². The predicted molar refractivity (Wildman–Crippen MR) is 185 cm³/mol. The standard InChI is InChI=1S/C35H43N7O6/c1-21(2)47-32(43)25-19-36-33(38-31(25)26-20-41(23-13-14-23)28-12-10-9-11-24(26)28)37-27-18-30(42(45)46)29(17-22(27)3)39(7)15-16-40(8)34(44)48-35(4,5)6/h9-12,17-21,23H,13-16H2,1-8H3,(H,36,37,38). The molecule has 1 fully saturated rings. The molecule has 0 spiro atoms. The smallest absolute Gasteiger partial charge is 0.410 e. The Labute approximate surface area is 280 Å². The summed E-state index contributed by atoms with van der Waals surface area (Å²) in [4.78, 5) is 49.9. The Morgan fingerprint density at radius 3 is 2.50 bits per heavy atom. The summed E-state index contributed by atoms with van der Waals surface area (Å²) in [6, 6.07) is 11.6. The minimum atomic E-state index is -0.631. The van der Waals surface area contributed by atoms with Gasteiger partial charge in [-0.15, -0.1) is 0 Å². The van der Waals surface area contributed by atoms with Gasteiger partial charge in [0.15, 0.2) is 0 Å². The highest BCUT2D eigenvalue weighted by Crippen LogP contribution is 2.42. The molecule has 2 aromatic carbocycles. The Bertz CT molecular complexity index is 1860. The van der Waals surface area contributed by atoms with Gasteiger partial charge in [0.2, 0.25) is 5.95 Å². The number of amides is 1. The Morgan fingerprint density at radius 1 is 1.15 bits per heavy atom. The number of hydrogen-bond donors (Lipinski definition) is 1. The molecule has 2 aromatic heterocycles. The van der Waals surface area contributed by atoms with E-state index in [2.05, 4.69) is 20.9 Å². The van der Waals surface area contributed by atoms with Crippen LogP contribution in [0.1, 0.15) is 69.4 Å². The Morgan fingerprint density at radius 2 is 1.85 bits per heavy atom. The number of likely N-dealkylation sites (N-methyl/N-ethyl adjacent to an activating group) is 2. The van der Waals surface area contributed by atoms with Crippen LogP contribution in [0.25, 0.3) is 22.2 Å². The van der Waals surface area contributed by atoms with E-state index in [4.69, 9.17) is 14.5 Å². The minimum Gasteiger partial charge on any atom is -0.459 e. The number of nitro groups is 1. The van der Waals surface area contributed by atoms with Crippen LogP contribution < -0.4 is 10.2 Å². The molecule has 0 saturated heterocycles. The summed E-state index contributed by atoms with van der Waals surface area (Å²) in [5, 5.41) is 16.4. The van der Waals surface area contributed by atoms with Crippen molar-refractivity contribution in [3.63, 3.8) is 0 Å². The molecule has 1 amide bonds. The van der Waals surface area contributed by atoms with Crippen LogP contribution in [0, 0.1) is 17.0 Å². The molecule has 13 nitrogen and oxygen atoms in total. The van der Waals surface area contributed by atoms with Gasteiger partial charge in [-0.2, -0.15) is 0 Å². The first-order valence-electron chi connectivity index (χ1n) is 16.0. The highest BCUT2D eigenvalue weighted by atomic mass is 16.6. The first kappa shape index (κ1) is 34.1. The lowest BCUT2D eigenvalue weighted by Crippen LogP contribution is -2.38. The molecule has 1 N–H and O–H groups in total. The second-order valence-corrected chi connectivity index (χ2v) is 13.5. The molecule has 0 radical (unpaired) electrons. The third kappa shape index (κ3) is 7.67. The van der Waals surface area contributed by atoms with Crippen molar-refractivity contribution in [1.82, 2.24) is 19.4 Å². The molecule has 1 saturated carbocycles. The first-order valence-corrected chi connectivity index (χ1v) is 16.0. The van der Waals surface area contributed by atoms with Crippen molar-refractivity contribution in [2.45, 2.75) is 72.1 Å². The van der Waals surface area contributed by atoms with Crippen LogP contribution in [-0.4, -0.2) is 75.3 Å². The third-order valence-corrected chi connectivity index (χ3v) is 7.94. The quantitative estimate of drug-likeness (QED) is 0.0993. The fourth-order valence-electron chi connectivity index (χ4n) is 5.36. The van der Waals surface area contributed by atoms with Gasteiger partial charge in [0.1, 0.15) is 16.9 Å². The fraction of sp³-hybridized carbons (Fsp3) is 0.429. The maximum absolute atomic E-state index is 13.2. The Balaban J connectivity index is 1.47. The summed E-state index contributed by atoms with van der Waals surface area (Å²) in [5.74, 6) is -0.363. The third-order valence-electron chi connectivity index (χ3n) is 7.94. The van der Waals surface area contributed by atoms with Crippen LogP contribution in [0.3, 0.4) is 0 Å². The zero-order valence-electron chi connectivity index (χ0n) is 28.7. The van der Waals surface area contributed by atoms with Crippen LogP contribution in [0.5, 0.6) is 0 Å². The van der Waals surface area contributed by atoms with Crippen molar-refractivity contribution in [3.8, 4) is 11.3 Å². The molecule has 1 aliphatic rings. The van der Waals surface area contributed by atoms with Gasteiger partial charge >= 0.3 is 12.1 Å². The molecule has 1 aliphatic carbocycles. The second-order valence-electron chi connectivity index (χ2n) is 13.5. The van der Waals surface area contributed by atoms with E-state index in [0.717, 1.165) is 29.3 Å². The van der Waals surface area contributed by atoms with Crippen LogP contribution in [0.4, 0.5) is 27.8 Å². The van der Waals surface area contributed by atoms with Gasteiger partial charge in [0.05, 0.1) is 22.4 Å². The fourth-order valence-corrected chi connectivity index (χ4v) is 5.36. The molecule has 0 atom stereocenters. The van der Waals surface area contributed by atoms with E-state index in [-0.39, 0.29) is 23.3 Å². The normalized spacial score (nSPS) is 13.0. The van der Waals surface area contributed by atoms with Crippen molar-refractivity contribution >= 4 is 46.0 Å². The van der Waals surface area contributed by atoms with Crippen molar-refractivity contribution < 1.29 is 24.0 Å². The number of esters is 1. The average molecular weight is 658 g/mol. The van der Waals surface area contributed by atoms with Crippen LogP contribution in [0.2, 0.25) is 0 Å². The molecule has 5 rings (SSSR count). The second kappa shape index (κ2) is 13.5. The predicted octanol–water partition coefficient (Wildman–Crippen LogP) is 7.26. The highest BCUT2D eigenvalue weighted by Gasteiger charge is 2.29. The molecule has 0 bridgehead atoms. The topological polar surface area (TPSA) is 145 Å². The maximum Gasteiger partial charge on any atom is 0.410 e. The molecule has 0 aliphatic heterocycles. The summed E-state index contributed by atoms with van der Waals surface area (Å²) in [5.41, 5.74) is 3.24. The van der Waals surface area contributed by atoms with Gasteiger partial charge in [0, 0.05) is 68.2 Å². The number of nitrogens with one attached hydrogen (secondary N) is 1. The van der Waals surface area contributed by atoms with Crippen molar-refractivity contribution in [2.24, 2.45) is 0 Å². The number of nitro benzene ring substituents is 1. The summed E-state index contributed by atoms with van der Waals surface area (Å²) in [6.45, 7) is 11.4. The number of carbonyl (C=O) groups excluding carboxylic acids is 2. The molecule has 13 heteroatoms. The number of benzene rings is 2. The number of fused-ring (bicyclic) bond motifs is 1. The number of carbonyl (C=O) groups is 2. The van der Waals surface area contributed by atoms with Gasteiger partial charge in [-0.05, 0) is 72.1 Å². The molecular weight excluding hydrogens is 614 g/mol. The molecular formula is C35H43N7O6. The lowest BCUT2D eigenvalue weighted by Gasteiger charge is -2.27. The zero-order valence-corrected chi connectivity index (χ0v) is 28.7. The number of aromatic nitrogens is 3. The van der Waals surface area contributed by atoms with Gasteiger partial charge in [-0.1, -0.05) is 18.2 Å². The Hall–Kier alpha value is -5.20. The SMILES string of the molecule is Cc1cc(N(C)CCN(C)C(=O)OC(C)(C)C)c([N+](=O)[O-])cc1Nc1ncc(C(=O)OC(C)C)c(-c2cn(C3CC3)c3ccccc23)n1. The van der Waals surface area contributed by atoms with Gasteiger partial charge in [0.25, 0.3) is 5.69 Å². The van der Waals surface area contributed by atoms with Gasteiger partial charge < -0.3 is 29.2 Å². The number of para-hydroxylation sites is 1. The number of nitrogens with zero attached hydrogens (tertiary/aromatic N) is 6. The number of hydrogen-bond acceptors (Lipinski definition) is 10. The van der Waals surface area contributed by atoms with E-state index in [9.17, 15) is 19.7 Å². The molecule has 4 aromatic rings. The summed E-state index contributed by atoms with van der Waals surface area (Å²) >= 11 is 0. The van der Waals surface area contributed by atoms with Gasteiger partial charge in [-0.25, -0.2) is 19.6 Å². The number of ether oxygens (including phenoxy) is 2. The van der Waals surface area contributed by atoms with Crippen molar-refractivity contribution in [1.29, 1.82) is 0 Å². The lowest BCUT2D eigenvalue weighted by molar-refractivity contribution is -0.384. The van der Waals surface area contributed by atoms with E-state index < -0.39 is 22.6 Å². The maximum atomic E-state index is 13.2. The van der Waals surface area contributed by atoms with Crippen molar-refractivity contribution in [2.75, 3.05) is 37.4 Å². The number of anilines is 3. The van der Waals surface area contributed by atoms with Crippen LogP contribution >= 0.6 is 0 Å². The first-order chi connectivity index (χ1) is 22.6. The van der Waals surface area contributed by atoms with E-state index in [1.54, 1.807) is 59.7 Å². The van der Waals surface area contributed by atoms with Crippen LogP contribution in [-0.2, 0) is 9.47 Å². The Kier molecular flexibility index (Phi) is 9.60. The number of rotatable bonds is 11. The van der Waals surface area contributed by atoms with E-state index in [0.29, 0.717) is 41.8 Å². The molecule has 2 heterocycles. The monoisotopic (exact) mass is 657 g/mol. The average Bonchev–Trinajstić information content (AvgIpc) is 3.78. The molecule has 254 valence electrons. The number of aryl methyl sites for hydroxylation is 1. The summed E-state index contributed by atoms with van der Waals surface area (Å²) < 4.78 is 13.2. The lowest BCUT2D eigenvalue weighted by atomic mass is 10.1. The van der Waals surface area contributed by atoms with E-state index in [1.807, 2.05) is 31.3 Å². The largest absolute Gasteiger partial charge is 0.459 e. The summed E-state index contributed by atoms with van der Waals surface area (Å²) in [6.07, 6.45) is 4.82. The van der Waals surface area contributed by atoms with Gasteiger partial charge in [-0.3, -0.25) is 10.1 Å². The zero-order chi connectivity index (χ0) is 34.9. The highest BCUT2D eigenvalue weighted by molar-refractivity contribution is 6.03. The van der Waals surface area contributed by atoms with E-state index in [1.165, 1.54) is 17.2 Å². The minimum absolute atomic E-state index is 0.129. The van der Waals surface area contributed by atoms with Crippen molar-refractivity contribution in [3.05, 3.63) is 70.0 Å². The molecule has 0 unspecified atom stereocenters.